The Kier molecular flexibility index (Phi) is 8.23. The van der Waals surface area contributed by atoms with E-state index in [1.54, 1.807) is 11.8 Å². The molecule has 2 N–H and O–H groups in total. The summed E-state index contributed by atoms with van der Waals surface area (Å²) in [7, 11) is 0. The number of thioether (sulfide) groups is 1. The predicted octanol–water partition coefficient (Wildman–Crippen LogP) is 1.74. The van der Waals surface area contributed by atoms with Crippen LogP contribution < -0.4 is 10.6 Å². The lowest BCUT2D eigenvalue weighted by Gasteiger charge is -2.21. The van der Waals surface area contributed by atoms with E-state index in [2.05, 4.69) is 44.6 Å². The van der Waals surface area contributed by atoms with Crippen molar-refractivity contribution in [3.63, 3.8) is 0 Å². The SMILES string of the molecule is C=CC(=O)NCC(CSCC(C)(C)C)NC(=O)C=C. The highest BCUT2D eigenvalue weighted by molar-refractivity contribution is 7.99. The summed E-state index contributed by atoms with van der Waals surface area (Å²) >= 11 is 1.75. The van der Waals surface area contributed by atoms with Crippen LogP contribution in [0.25, 0.3) is 0 Å². The van der Waals surface area contributed by atoms with Gasteiger partial charge in [-0.1, -0.05) is 33.9 Å². The van der Waals surface area contributed by atoms with Crippen LogP contribution in [0, 0.1) is 5.41 Å². The lowest BCUT2D eigenvalue weighted by atomic mass is 10.0. The summed E-state index contributed by atoms with van der Waals surface area (Å²) in [5.41, 5.74) is 0.238. The zero-order valence-corrected chi connectivity index (χ0v) is 12.8. The fourth-order valence-electron chi connectivity index (χ4n) is 1.22. The summed E-state index contributed by atoms with van der Waals surface area (Å²) in [6, 6.07) is -0.109. The van der Waals surface area contributed by atoms with E-state index in [1.807, 2.05) is 0 Å². The highest BCUT2D eigenvalue weighted by Crippen LogP contribution is 2.20. The summed E-state index contributed by atoms with van der Waals surface area (Å²) in [5.74, 6) is 1.27. The molecule has 0 aromatic heterocycles. The average Bonchev–Trinajstić information content (AvgIpc) is 2.33. The van der Waals surface area contributed by atoms with E-state index in [0.29, 0.717) is 6.54 Å². The third-order valence-corrected chi connectivity index (χ3v) is 3.80. The topological polar surface area (TPSA) is 58.2 Å². The van der Waals surface area contributed by atoms with E-state index in [9.17, 15) is 9.59 Å². The minimum Gasteiger partial charge on any atom is -0.350 e. The molecule has 1 unspecified atom stereocenters. The number of hydrogen-bond donors (Lipinski definition) is 2. The van der Waals surface area contributed by atoms with Gasteiger partial charge in [0.1, 0.15) is 0 Å². The van der Waals surface area contributed by atoms with E-state index in [4.69, 9.17) is 0 Å². The quantitative estimate of drug-likeness (QED) is 0.668. The summed E-state index contributed by atoms with van der Waals surface area (Å²) in [4.78, 5) is 22.5. The Morgan fingerprint density at radius 3 is 2.26 bits per heavy atom. The molecular weight excluding hydrogens is 260 g/mol. The average molecular weight is 284 g/mol. The van der Waals surface area contributed by atoms with Crippen LogP contribution in [0.2, 0.25) is 0 Å². The second-order valence-electron chi connectivity index (χ2n) is 5.43. The fourth-order valence-corrected chi connectivity index (χ4v) is 2.43. The molecule has 0 bridgehead atoms. The molecule has 0 aromatic rings. The fraction of sp³-hybridized carbons (Fsp3) is 0.571. The molecule has 0 spiro atoms. The first kappa shape index (κ1) is 17.8. The smallest absolute Gasteiger partial charge is 0.243 e. The molecule has 4 nitrogen and oxygen atoms in total. The van der Waals surface area contributed by atoms with Crippen molar-refractivity contribution >= 4 is 23.6 Å². The van der Waals surface area contributed by atoms with Gasteiger partial charge in [0.15, 0.2) is 0 Å². The molecule has 0 radical (unpaired) electrons. The van der Waals surface area contributed by atoms with E-state index >= 15 is 0 Å². The Balaban J connectivity index is 4.24. The van der Waals surface area contributed by atoms with Gasteiger partial charge in [0.2, 0.25) is 11.8 Å². The van der Waals surface area contributed by atoms with Gasteiger partial charge in [-0.25, -0.2) is 0 Å². The van der Waals surface area contributed by atoms with Gasteiger partial charge in [-0.2, -0.15) is 11.8 Å². The molecule has 0 aliphatic heterocycles. The monoisotopic (exact) mass is 284 g/mol. The zero-order chi connectivity index (χ0) is 14.9. The van der Waals surface area contributed by atoms with Crippen molar-refractivity contribution in [3.8, 4) is 0 Å². The lowest BCUT2D eigenvalue weighted by molar-refractivity contribution is -0.118. The van der Waals surface area contributed by atoms with Crippen molar-refractivity contribution in [3.05, 3.63) is 25.3 Å². The van der Waals surface area contributed by atoms with Gasteiger partial charge >= 0.3 is 0 Å². The number of hydrogen-bond acceptors (Lipinski definition) is 3. The molecular formula is C14H24N2O2S. The molecule has 19 heavy (non-hydrogen) atoms. The third kappa shape index (κ3) is 10.4. The molecule has 0 aromatic carbocycles. The van der Waals surface area contributed by atoms with E-state index in [-0.39, 0.29) is 23.3 Å². The van der Waals surface area contributed by atoms with Gasteiger partial charge in [-0.15, -0.1) is 0 Å². The molecule has 0 fully saturated rings. The van der Waals surface area contributed by atoms with Crippen LogP contribution in [-0.4, -0.2) is 35.9 Å². The maximum absolute atomic E-state index is 11.3. The van der Waals surface area contributed by atoms with E-state index in [1.165, 1.54) is 12.2 Å². The van der Waals surface area contributed by atoms with Crippen molar-refractivity contribution in [2.75, 3.05) is 18.1 Å². The normalized spacial score (nSPS) is 12.4. The Hall–Kier alpha value is -1.23. The Morgan fingerprint density at radius 2 is 1.79 bits per heavy atom. The third-order valence-electron chi connectivity index (χ3n) is 2.09. The first-order valence-corrected chi connectivity index (χ1v) is 7.35. The molecule has 108 valence electrons. The minimum absolute atomic E-state index is 0.109. The number of carbonyl (C=O) groups excluding carboxylic acids is 2. The van der Waals surface area contributed by atoms with Crippen molar-refractivity contribution in [1.82, 2.24) is 10.6 Å². The Bertz CT molecular complexity index is 335. The lowest BCUT2D eigenvalue weighted by Crippen LogP contribution is -2.44. The summed E-state index contributed by atoms with van der Waals surface area (Å²) in [6.45, 7) is 13.7. The van der Waals surface area contributed by atoms with Crippen LogP contribution in [0.3, 0.4) is 0 Å². The number of amides is 2. The summed E-state index contributed by atoms with van der Waals surface area (Å²) < 4.78 is 0. The van der Waals surface area contributed by atoms with Gasteiger partial charge in [-0.3, -0.25) is 9.59 Å². The molecule has 0 rings (SSSR count). The molecule has 0 aliphatic rings. The van der Waals surface area contributed by atoms with Crippen LogP contribution in [-0.2, 0) is 9.59 Å². The maximum atomic E-state index is 11.3. The summed E-state index contributed by atoms with van der Waals surface area (Å²) in [5, 5.41) is 5.50. The minimum atomic E-state index is -0.237. The molecule has 1 atom stereocenters. The van der Waals surface area contributed by atoms with Crippen LogP contribution >= 0.6 is 11.8 Å². The van der Waals surface area contributed by atoms with E-state index < -0.39 is 0 Å². The van der Waals surface area contributed by atoms with Crippen molar-refractivity contribution < 1.29 is 9.59 Å². The second-order valence-corrected chi connectivity index (χ2v) is 6.46. The number of nitrogens with one attached hydrogen (secondary N) is 2. The van der Waals surface area contributed by atoms with Crippen LogP contribution in [0.15, 0.2) is 25.3 Å². The van der Waals surface area contributed by atoms with Crippen molar-refractivity contribution in [2.45, 2.75) is 26.8 Å². The predicted molar refractivity (Wildman–Crippen MR) is 82.1 cm³/mol. The van der Waals surface area contributed by atoms with Gasteiger partial charge in [0, 0.05) is 12.3 Å². The van der Waals surface area contributed by atoms with Gasteiger partial charge in [-0.05, 0) is 23.3 Å². The Labute approximate surface area is 120 Å². The molecule has 5 heteroatoms. The largest absolute Gasteiger partial charge is 0.350 e. The zero-order valence-electron chi connectivity index (χ0n) is 12.0. The van der Waals surface area contributed by atoms with Gasteiger partial charge in [0.25, 0.3) is 0 Å². The van der Waals surface area contributed by atoms with Crippen LogP contribution in [0.4, 0.5) is 0 Å². The first-order valence-electron chi connectivity index (χ1n) is 6.19. The van der Waals surface area contributed by atoms with E-state index in [0.717, 1.165) is 11.5 Å². The molecule has 0 saturated heterocycles. The van der Waals surface area contributed by atoms with Gasteiger partial charge in [0.05, 0.1) is 6.04 Å². The van der Waals surface area contributed by atoms with Crippen molar-refractivity contribution in [1.29, 1.82) is 0 Å². The number of carbonyl (C=O) groups is 2. The second kappa shape index (κ2) is 8.80. The van der Waals surface area contributed by atoms with Crippen LogP contribution in [0.1, 0.15) is 20.8 Å². The highest BCUT2D eigenvalue weighted by atomic mass is 32.2. The standard InChI is InChI=1S/C14H24N2O2S/c1-6-12(17)15-8-11(16-13(18)7-2)9-19-10-14(3,4)5/h6-7,11H,1-2,8-10H2,3-5H3,(H,15,17)(H,16,18). The molecule has 2 amide bonds. The first-order chi connectivity index (χ1) is 8.78. The summed E-state index contributed by atoms with van der Waals surface area (Å²) in [6.07, 6.45) is 2.45. The molecule has 0 aliphatic carbocycles. The Morgan fingerprint density at radius 1 is 1.21 bits per heavy atom. The highest BCUT2D eigenvalue weighted by Gasteiger charge is 2.15. The molecule has 0 heterocycles. The molecule has 0 saturated carbocycles. The van der Waals surface area contributed by atoms with Crippen molar-refractivity contribution in [2.24, 2.45) is 5.41 Å². The van der Waals surface area contributed by atoms with Crippen LogP contribution in [0.5, 0.6) is 0 Å². The van der Waals surface area contributed by atoms with Gasteiger partial charge < -0.3 is 10.6 Å². The number of rotatable bonds is 8. The maximum Gasteiger partial charge on any atom is 0.243 e.